The van der Waals surface area contributed by atoms with Crippen LogP contribution in [0.1, 0.15) is 16.1 Å². The second kappa shape index (κ2) is 6.92. The van der Waals surface area contributed by atoms with Gasteiger partial charge in [0.2, 0.25) is 0 Å². The predicted octanol–water partition coefficient (Wildman–Crippen LogP) is 3.85. The van der Waals surface area contributed by atoms with Crippen molar-refractivity contribution >= 4 is 22.9 Å². The lowest BCUT2D eigenvalue weighted by Gasteiger charge is -2.11. The molecule has 116 valence electrons. The van der Waals surface area contributed by atoms with E-state index in [0.29, 0.717) is 18.7 Å². The fourth-order valence-corrected chi connectivity index (χ4v) is 2.45. The molecule has 2 aromatic carbocycles. The van der Waals surface area contributed by atoms with Crippen LogP contribution in [0, 0.1) is 6.92 Å². The van der Waals surface area contributed by atoms with Gasteiger partial charge in [0, 0.05) is 28.9 Å². The number of hydrogen-bond donors (Lipinski definition) is 1. The van der Waals surface area contributed by atoms with Crippen LogP contribution in [0.3, 0.4) is 0 Å². The second-order valence-electron chi connectivity index (χ2n) is 5.29. The monoisotopic (exact) mass is 306 g/mol. The molecule has 4 nitrogen and oxygen atoms in total. The molecule has 0 atom stereocenters. The van der Waals surface area contributed by atoms with Gasteiger partial charge in [0.05, 0.1) is 5.52 Å². The molecule has 4 heteroatoms. The Balaban J connectivity index is 1.61. The highest BCUT2D eigenvalue weighted by Gasteiger charge is 2.03. The molecule has 0 amide bonds. The average Bonchev–Trinajstić information content (AvgIpc) is 2.59. The number of hydrogen-bond acceptors (Lipinski definition) is 4. The first kappa shape index (κ1) is 15.0. The van der Waals surface area contributed by atoms with Gasteiger partial charge >= 0.3 is 0 Å². The number of nitrogens with zero attached hydrogens (tertiary/aromatic N) is 1. The molecule has 0 bridgehead atoms. The van der Waals surface area contributed by atoms with E-state index >= 15 is 0 Å². The van der Waals surface area contributed by atoms with Crippen molar-refractivity contribution in [2.75, 3.05) is 18.5 Å². The Labute approximate surface area is 135 Å². The number of para-hydroxylation sites is 1. The van der Waals surface area contributed by atoms with Crippen LogP contribution in [0.4, 0.5) is 5.69 Å². The minimum Gasteiger partial charge on any atom is -0.492 e. The number of aryl methyl sites for hydroxylation is 1. The van der Waals surface area contributed by atoms with E-state index in [1.807, 2.05) is 31.2 Å². The van der Waals surface area contributed by atoms with Gasteiger partial charge in [-0.05, 0) is 43.3 Å². The van der Waals surface area contributed by atoms with Crippen LogP contribution < -0.4 is 10.1 Å². The van der Waals surface area contributed by atoms with Crippen LogP contribution in [0.2, 0.25) is 0 Å². The van der Waals surface area contributed by atoms with E-state index < -0.39 is 0 Å². The number of anilines is 1. The van der Waals surface area contributed by atoms with Gasteiger partial charge in [-0.15, -0.1) is 0 Å². The van der Waals surface area contributed by atoms with Crippen LogP contribution in [0.5, 0.6) is 5.75 Å². The Morgan fingerprint density at radius 2 is 1.91 bits per heavy atom. The van der Waals surface area contributed by atoms with Gasteiger partial charge in [0.1, 0.15) is 18.6 Å². The summed E-state index contributed by atoms with van der Waals surface area (Å²) in [5.41, 5.74) is 3.68. The van der Waals surface area contributed by atoms with Gasteiger partial charge in [-0.3, -0.25) is 9.78 Å². The summed E-state index contributed by atoms with van der Waals surface area (Å²) >= 11 is 0. The summed E-state index contributed by atoms with van der Waals surface area (Å²) in [5.74, 6) is 0.758. The number of carbonyl (C=O) groups is 1. The first-order chi connectivity index (χ1) is 11.3. The summed E-state index contributed by atoms with van der Waals surface area (Å²) in [6.45, 7) is 3.21. The zero-order valence-corrected chi connectivity index (χ0v) is 13.0. The molecule has 0 unspecified atom stereocenters. The van der Waals surface area contributed by atoms with Gasteiger partial charge in [-0.1, -0.05) is 18.2 Å². The molecule has 1 heterocycles. The Kier molecular flexibility index (Phi) is 4.52. The maximum atomic E-state index is 10.6. The van der Waals surface area contributed by atoms with Crippen LogP contribution >= 0.6 is 0 Å². The molecule has 0 aliphatic carbocycles. The summed E-state index contributed by atoms with van der Waals surface area (Å²) in [5, 5.41) is 4.51. The predicted molar refractivity (Wildman–Crippen MR) is 92.3 cm³/mol. The van der Waals surface area contributed by atoms with Crippen LogP contribution in [0.15, 0.2) is 54.6 Å². The summed E-state index contributed by atoms with van der Waals surface area (Å²) in [6, 6.07) is 17.2. The zero-order valence-electron chi connectivity index (χ0n) is 13.0. The summed E-state index contributed by atoms with van der Waals surface area (Å²) in [6.07, 6.45) is 0.822. The van der Waals surface area contributed by atoms with Gasteiger partial charge in [-0.2, -0.15) is 0 Å². The fourth-order valence-electron chi connectivity index (χ4n) is 2.45. The molecule has 1 aromatic heterocycles. The molecule has 0 aliphatic rings. The maximum Gasteiger partial charge on any atom is 0.150 e. The third-order valence-electron chi connectivity index (χ3n) is 3.55. The fraction of sp³-hybridized carbons (Fsp3) is 0.158. The first-order valence-electron chi connectivity index (χ1n) is 7.54. The van der Waals surface area contributed by atoms with E-state index in [9.17, 15) is 4.79 Å². The van der Waals surface area contributed by atoms with Crippen molar-refractivity contribution in [3.05, 3.63) is 65.9 Å². The van der Waals surface area contributed by atoms with Crippen molar-refractivity contribution in [2.24, 2.45) is 0 Å². The normalized spacial score (nSPS) is 10.5. The smallest absolute Gasteiger partial charge is 0.150 e. The second-order valence-corrected chi connectivity index (χ2v) is 5.29. The first-order valence-corrected chi connectivity index (χ1v) is 7.54. The highest BCUT2D eigenvalue weighted by molar-refractivity contribution is 5.91. The summed E-state index contributed by atoms with van der Waals surface area (Å²) in [7, 11) is 0. The van der Waals surface area contributed by atoms with Crippen molar-refractivity contribution in [1.82, 2.24) is 4.98 Å². The molecular formula is C19H18N2O2. The van der Waals surface area contributed by atoms with Gasteiger partial charge in [-0.25, -0.2) is 0 Å². The van der Waals surface area contributed by atoms with E-state index in [-0.39, 0.29) is 0 Å². The number of pyridine rings is 1. The van der Waals surface area contributed by atoms with E-state index in [0.717, 1.165) is 34.3 Å². The number of ether oxygens (including phenoxy) is 1. The van der Waals surface area contributed by atoms with Crippen molar-refractivity contribution in [1.29, 1.82) is 0 Å². The Bertz CT molecular complexity index is 813. The molecule has 0 saturated heterocycles. The number of carbonyl (C=O) groups excluding carboxylic acids is 1. The lowest BCUT2D eigenvalue weighted by Crippen LogP contribution is -2.12. The third kappa shape index (κ3) is 3.66. The Morgan fingerprint density at radius 3 is 2.70 bits per heavy atom. The third-order valence-corrected chi connectivity index (χ3v) is 3.55. The Hall–Kier alpha value is -2.88. The van der Waals surface area contributed by atoms with E-state index in [1.54, 1.807) is 24.3 Å². The number of rotatable bonds is 6. The minimum absolute atomic E-state index is 0.538. The van der Waals surface area contributed by atoms with Crippen LogP contribution in [-0.2, 0) is 0 Å². The highest BCUT2D eigenvalue weighted by atomic mass is 16.5. The number of aromatic nitrogens is 1. The lowest BCUT2D eigenvalue weighted by molar-refractivity contribution is 0.112. The van der Waals surface area contributed by atoms with E-state index in [2.05, 4.69) is 16.4 Å². The zero-order chi connectivity index (χ0) is 16.1. The molecule has 0 spiro atoms. The summed E-state index contributed by atoms with van der Waals surface area (Å²) in [4.78, 5) is 15.1. The molecule has 1 N–H and O–H groups in total. The lowest BCUT2D eigenvalue weighted by atomic mass is 10.1. The van der Waals surface area contributed by atoms with Gasteiger partial charge < -0.3 is 10.1 Å². The molecule has 3 aromatic rings. The minimum atomic E-state index is 0.538. The number of benzene rings is 2. The highest BCUT2D eigenvalue weighted by Crippen LogP contribution is 2.22. The van der Waals surface area contributed by atoms with E-state index in [4.69, 9.17) is 4.74 Å². The average molecular weight is 306 g/mol. The van der Waals surface area contributed by atoms with E-state index in [1.165, 1.54) is 0 Å². The standard InChI is InChI=1S/C19H18N2O2/c1-14-12-19(17-4-2-3-5-18(17)21-14)20-10-11-23-16-8-6-15(13-22)7-9-16/h2-9,12-13H,10-11H2,1H3,(H,20,21). The topological polar surface area (TPSA) is 51.2 Å². The van der Waals surface area contributed by atoms with Crippen molar-refractivity contribution < 1.29 is 9.53 Å². The van der Waals surface area contributed by atoms with Crippen molar-refractivity contribution in [2.45, 2.75) is 6.92 Å². The molecule has 0 radical (unpaired) electrons. The van der Waals surface area contributed by atoms with Crippen LogP contribution in [-0.4, -0.2) is 24.4 Å². The molecule has 0 fully saturated rings. The molecule has 0 aliphatic heterocycles. The number of aldehydes is 1. The molecular weight excluding hydrogens is 288 g/mol. The SMILES string of the molecule is Cc1cc(NCCOc2ccc(C=O)cc2)c2ccccc2n1. The summed E-state index contributed by atoms with van der Waals surface area (Å²) < 4.78 is 5.68. The van der Waals surface area contributed by atoms with Gasteiger partial charge in [0.25, 0.3) is 0 Å². The maximum absolute atomic E-state index is 10.6. The molecule has 3 rings (SSSR count). The Morgan fingerprint density at radius 1 is 1.13 bits per heavy atom. The van der Waals surface area contributed by atoms with Crippen molar-refractivity contribution in [3.63, 3.8) is 0 Å². The largest absolute Gasteiger partial charge is 0.492 e. The number of fused-ring (bicyclic) bond motifs is 1. The van der Waals surface area contributed by atoms with Crippen LogP contribution in [0.25, 0.3) is 10.9 Å². The molecule has 23 heavy (non-hydrogen) atoms. The van der Waals surface area contributed by atoms with Gasteiger partial charge in [0.15, 0.2) is 0 Å². The molecule has 0 saturated carbocycles. The van der Waals surface area contributed by atoms with Crippen molar-refractivity contribution in [3.8, 4) is 5.75 Å². The quantitative estimate of drug-likeness (QED) is 0.555. The number of nitrogens with one attached hydrogen (secondary N) is 1.